The number of carbonyl (C=O) groups is 1. The van der Waals surface area contributed by atoms with Gasteiger partial charge in [-0.05, 0) is 62.2 Å². The number of benzene rings is 1. The first-order valence-electron chi connectivity index (χ1n) is 8.65. The molecule has 1 aromatic heterocycles. The van der Waals surface area contributed by atoms with Crippen LogP contribution in [-0.2, 0) is 6.18 Å². The number of halogens is 3. The van der Waals surface area contributed by atoms with E-state index in [0.717, 1.165) is 38.1 Å². The Kier molecular flexibility index (Phi) is 5.65. The highest BCUT2D eigenvalue weighted by molar-refractivity contribution is 5.98. The lowest BCUT2D eigenvalue weighted by Gasteiger charge is -2.23. The minimum absolute atomic E-state index is 0.0566. The van der Waals surface area contributed by atoms with Gasteiger partial charge in [0, 0.05) is 11.8 Å². The second-order valence-electron chi connectivity index (χ2n) is 6.51. The number of piperidine rings is 1. The van der Waals surface area contributed by atoms with E-state index in [1.54, 1.807) is 0 Å². The molecular weight excluding hydrogens is 359 g/mol. The molecule has 1 aromatic carbocycles. The van der Waals surface area contributed by atoms with E-state index in [1.807, 2.05) is 0 Å². The van der Waals surface area contributed by atoms with Crippen LogP contribution in [0.5, 0.6) is 5.75 Å². The molecule has 1 aliphatic heterocycles. The molecule has 0 unspecified atom stereocenters. The van der Waals surface area contributed by atoms with Gasteiger partial charge in [-0.3, -0.25) is 9.78 Å². The van der Waals surface area contributed by atoms with Crippen molar-refractivity contribution in [2.45, 2.75) is 19.0 Å². The Bertz CT molecular complexity index is 818. The van der Waals surface area contributed by atoms with Crippen molar-refractivity contribution >= 4 is 5.91 Å². The zero-order valence-electron chi connectivity index (χ0n) is 14.6. The second kappa shape index (κ2) is 7.96. The van der Waals surface area contributed by atoms with E-state index in [2.05, 4.69) is 10.3 Å². The molecule has 0 spiro atoms. The molecule has 1 aliphatic rings. The Morgan fingerprint density at radius 1 is 1.26 bits per heavy atom. The fourth-order valence-electron chi connectivity index (χ4n) is 3.08. The molecule has 144 valence electrons. The van der Waals surface area contributed by atoms with Gasteiger partial charge >= 0.3 is 6.18 Å². The normalized spacial score (nSPS) is 15.5. The Morgan fingerprint density at radius 2 is 2.00 bits per heavy atom. The number of pyridine rings is 1. The predicted molar refractivity (Wildman–Crippen MR) is 94.3 cm³/mol. The fourth-order valence-corrected chi connectivity index (χ4v) is 3.08. The van der Waals surface area contributed by atoms with Crippen molar-refractivity contribution in [1.82, 2.24) is 10.3 Å². The summed E-state index contributed by atoms with van der Waals surface area (Å²) in [7, 11) is 0. The lowest BCUT2D eigenvalue weighted by atomic mass is 9.99. The second-order valence-corrected chi connectivity index (χ2v) is 6.51. The largest absolute Gasteiger partial charge is 0.493 e. The Labute approximate surface area is 154 Å². The number of primary amides is 1. The minimum atomic E-state index is -4.55. The number of aromatic nitrogens is 1. The van der Waals surface area contributed by atoms with Gasteiger partial charge in [-0.25, -0.2) is 0 Å². The summed E-state index contributed by atoms with van der Waals surface area (Å²) in [6, 6.07) is 6.32. The van der Waals surface area contributed by atoms with Gasteiger partial charge in [0.15, 0.2) is 0 Å². The van der Waals surface area contributed by atoms with Gasteiger partial charge in [-0.1, -0.05) is 0 Å². The van der Waals surface area contributed by atoms with Crippen molar-refractivity contribution < 1.29 is 22.7 Å². The summed E-state index contributed by atoms with van der Waals surface area (Å²) in [5.74, 6) is -0.368. The van der Waals surface area contributed by atoms with E-state index < -0.39 is 17.6 Å². The molecule has 27 heavy (non-hydrogen) atoms. The third-order valence-corrected chi connectivity index (χ3v) is 4.52. The highest BCUT2D eigenvalue weighted by Gasteiger charge is 2.32. The van der Waals surface area contributed by atoms with Crippen molar-refractivity contribution in [1.29, 1.82) is 0 Å². The number of hydrogen-bond acceptors (Lipinski definition) is 4. The number of hydrogen-bond donors (Lipinski definition) is 2. The molecule has 3 N–H and O–H groups in total. The Morgan fingerprint density at radius 3 is 2.67 bits per heavy atom. The monoisotopic (exact) mass is 379 g/mol. The van der Waals surface area contributed by atoms with Gasteiger partial charge in [0.1, 0.15) is 5.75 Å². The van der Waals surface area contributed by atoms with E-state index in [4.69, 9.17) is 10.5 Å². The summed E-state index contributed by atoms with van der Waals surface area (Å²) in [6.07, 6.45) is -1.32. The van der Waals surface area contributed by atoms with Crippen LogP contribution in [-0.4, -0.2) is 30.6 Å². The van der Waals surface area contributed by atoms with Crippen LogP contribution in [0.4, 0.5) is 13.2 Å². The number of nitrogens with zero attached hydrogens (tertiary/aromatic N) is 1. The van der Waals surface area contributed by atoms with Crippen molar-refractivity contribution in [2.75, 3.05) is 19.7 Å². The average Bonchev–Trinajstić information content (AvgIpc) is 2.66. The van der Waals surface area contributed by atoms with Crippen LogP contribution in [0.1, 0.15) is 28.8 Å². The number of amides is 1. The first-order chi connectivity index (χ1) is 12.8. The number of ether oxygens (including phenoxy) is 1. The third-order valence-electron chi connectivity index (χ3n) is 4.52. The van der Waals surface area contributed by atoms with Crippen molar-refractivity contribution in [3.8, 4) is 17.0 Å². The van der Waals surface area contributed by atoms with Crippen LogP contribution in [0.3, 0.4) is 0 Å². The predicted octanol–water partition coefficient (Wildman–Crippen LogP) is 3.24. The van der Waals surface area contributed by atoms with E-state index in [1.165, 1.54) is 24.4 Å². The number of nitrogens with two attached hydrogens (primary N) is 1. The first kappa shape index (κ1) is 19.2. The number of rotatable bonds is 5. The lowest BCUT2D eigenvalue weighted by molar-refractivity contribution is -0.137. The highest BCUT2D eigenvalue weighted by atomic mass is 19.4. The molecule has 2 aromatic rings. The molecule has 8 heteroatoms. The summed E-state index contributed by atoms with van der Waals surface area (Å²) in [6.45, 7) is 2.09. The van der Waals surface area contributed by atoms with E-state index in [0.29, 0.717) is 12.5 Å². The van der Waals surface area contributed by atoms with Gasteiger partial charge in [0.25, 0.3) is 5.91 Å². The summed E-state index contributed by atoms with van der Waals surface area (Å²) in [5, 5.41) is 3.23. The molecule has 3 rings (SSSR count). The molecule has 0 saturated carbocycles. The average molecular weight is 379 g/mol. The standard InChI is InChI=1S/C19H20F3N3O2/c20-19(21,22)14-8-13(17-16(18(23)26)2-1-5-25-17)9-15(10-14)27-11-12-3-6-24-7-4-12/h1-2,5,8-10,12,24H,3-4,6-7,11H2,(H2,23,26). The Balaban J connectivity index is 1.95. The number of nitrogens with one attached hydrogen (secondary N) is 1. The van der Waals surface area contributed by atoms with Crippen LogP contribution < -0.4 is 15.8 Å². The number of carbonyl (C=O) groups excluding carboxylic acids is 1. The zero-order chi connectivity index (χ0) is 19.4. The maximum atomic E-state index is 13.3. The van der Waals surface area contributed by atoms with E-state index in [-0.39, 0.29) is 22.6 Å². The molecule has 0 aliphatic carbocycles. The fraction of sp³-hybridized carbons (Fsp3) is 0.368. The molecule has 1 amide bonds. The SMILES string of the molecule is NC(=O)c1cccnc1-c1cc(OCC2CCNCC2)cc(C(F)(F)F)c1. The smallest absolute Gasteiger partial charge is 0.416 e. The molecule has 1 saturated heterocycles. The summed E-state index contributed by atoms with van der Waals surface area (Å²) >= 11 is 0. The summed E-state index contributed by atoms with van der Waals surface area (Å²) < 4.78 is 45.7. The molecule has 0 bridgehead atoms. The maximum absolute atomic E-state index is 13.3. The molecular formula is C19H20F3N3O2. The van der Waals surface area contributed by atoms with Gasteiger partial charge < -0.3 is 15.8 Å². The zero-order valence-corrected chi connectivity index (χ0v) is 14.6. The Hall–Kier alpha value is -2.61. The molecule has 0 atom stereocenters. The first-order valence-corrected chi connectivity index (χ1v) is 8.65. The van der Waals surface area contributed by atoms with Gasteiger partial charge in [0.2, 0.25) is 0 Å². The summed E-state index contributed by atoms with van der Waals surface area (Å²) in [5.41, 5.74) is 4.77. The highest BCUT2D eigenvalue weighted by Crippen LogP contribution is 2.36. The van der Waals surface area contributed by atoms with E-state index >= 15 is 0 Å². The topological polar surface area (TPSA) is 77.2 Å². The molecule has 0 radical (unpaired) electrons. The van der Waals surface area contributed by atoms with Crippen LogP contribution in [0.2, 0.25) is 0 Å². The molecule has 5 nitrogen and oxygen atoms in total. The molecule has 2 heterocycles. The van der Waals surface area contributed by atoms with Gasteiger partial charge in [0.05, 0.1) is 23.4 Å². The van der Waals surface area contributed by atoms with Gasteiger partial charge in [-0.15, -0.1) is 0 Å². The van der Waals surface area contributed by atoms with Crippen LogP contribution in [0, 0.1) is 5.92 Å². The van der Waals surface area contributed by atoms with Crippen LogP contribution >= 0.6 is 0 Å². The number of alkyl halides is 3. The van der Waals surface area contributed by atoms with Crippen LogP contribution in [0.15, 0.2) is 36.5 Å². The third kappa shape index (κ3) is 4.77. The molecule has 1 fully saturated rings. The minimum Gasteiger partial charge on any atom is -0.493 e. The van der Waals surface area contributed by atoms with E-state index in [9.17, 15) is 18.0 Å². The van der Waals surface area contributed by atoms with Gasteiger partial charge in [-0.2, -0.15) is 13.2 Å². The maximum Gasteiger partial charge on any atom is 0.416 e. The van der Waals surface area contributed by atoms with Crippen molar-refractivity contribution in [2.24, 2.45) is 11.7 Å². The summed E-state index contributed by atoms with van der Waals surface area (Å²) in [4.78, 5) is 15.7. The van der Waals surface area contributed by atoms with Crippen molar-refractivity contribution in [3.05, 3.63) is 47.7 Å². The van der Waals surface area contributed by atoms with Crippen molar-refractivity contribution in [3.63, 3.8) is 0 Å². The van der Waals surface area contributed by atoms with Crippen LogP contribution in [0.25, 0.3) is 11.3 Å². The lowest BCUT2D eigenvalue weighted by Crippen LogP contribution is -2.30. The quantitative estimate of drug-likeness (QED) is 0.836.